The van der Waals surface area contributed by atoms with Gasteiger partial charge in [-0.3, -0.25) is 9.59 Å². The second kappa shape index (κ2) is 7.25. The molecule has 138 valence electrons. The molecule has 0 aromatic heterocycles. The molecule has 0 spiro atoms. The predicted octanol–water partition coefficient (Wildman–Crippen LogP) is 2.57. The van der Waals surface area contributed by atoms with E-state index in [0.717, 1.165) is 16.8 Å². The first-order valence-corrected chi connectivity index (χ1v) is 9.05. The number of fused-ring (bicyclic) bond motifs is 1. The lowest BCUT2D eigenvalue weighted by Crippen LogP contribution is -2.49. The van der Waals surface area contributed by atoms with E-state index in [9.17, 15) is 9.59 Å². The molecule has 2 aliphatic heterocycles. The highest BCUT2D eigenvalue weighted by Crippen LogP contribution is 2.30. The number of anilines is 1. The summed E-state index contributed by atoms with van der Waals surface area (Å²) in [7, 11) is 0. The van der Waals surface area contributed by atoms with Crippen molar-refractivity contribution in [2.45, 2.75) is 25.4 Å². The molecule has 2 heterocycles. The number of hydrazine groups is 1. The summed E-state index contributed by atoms with van der Waals surface area (Å²) in [5.74, 6) is -0.277. The van der Waals surface area contributed by atoms with Crippen molar-refractivity contribution in [3.8, 4) is 0 Å². The number of rotatable bonds is 4. The average molecular weight is 362 g/mol. The van der Waals surface area contributed by atoms with E-state index >= 15 is 0 Å². The maximum atomic E-state index is 12.8. The lowest BCUT2D eigenvalue weighted by Gasteiger charge is -2.31. The number of carbonyl (C=O) groups is 2. The molecule has 2 aromatic carbocycles. The van der Waals surface area contributed by atoms with Crippen LogP contribution < -0.4 is 10.7 Å². The summed E-state index contributed by atoms with van der Waals surface area (Å²) in [6.07, 6.45) is 4.16. The molecule has 2 N–H and O–H groups in total. The Balaban J connectivity index is 1.40. The quantitative estimate of drug-likeness (QED) is 0.877. The molecular weight excluding hydrogens is 340 g/mol. The zero-order valence-corrected chi connectivity index (χ0v) is 15.1. The number of hydrogen-bond acceptors (Lipinski definition) is 4. The summed E-state index contributed by atoms with van der Waals surface area (Å²) in [4.78, 5) is 26.7. The number of benzene rings is 2. The topological polar surface area (TPSA) is 64.7 Å². The zero-order chi connectivity index (χ0) is 18.8. The van der Waals surface area contributed by atoms with Crippen molar-refractivity contribution in [2.24, 2.45) is 0 Å². The van der Waals surface area contributed by atoms with Gasteiger partial charge in [0.2, 0.25) is 5.91 Å². The Bertz CT molecular complexity index is 881. The first kappa shape index (κ1) is 17.3. The van der Waals surface area contributed by atoms with Crippen LogP contribution in [0.4, 0.5) is 5.69 Å². The van der Waals surface area contributed by atoms with Gasteiger partial charge in [0.1, 0.15) is 12.6 Å². The Morgan fingerprint density at radius 1 is 1.15 bits per heavy atom. The van der Waals surface area contributed by atoms with Crippen molar-refractivity contribution in [1.29, 1.82) is 0 Å². The van der Waals surface area contributed by atoms with Crippen LogP contribution in [-0.2, 0) is 9.59 Å². The first-order valence-electron chi connectivity index (χ1n) is 9.05. The molecule has 2 unspecified atom stereocenters. The highest BCUT2D eigenvalue weighted by molar-refractivity contribution is 5.96. The van der Waals surface area contributed by atoms with Crippen LogP contribution in [-0.4, -0.2) is 34.3 Å². The fraction of sp³-hybridized carbons (Fsp3) is 0.238. The molecule has 0 saturated carbocycles. The second-order valence-electron chi connectivity index (χ2n) is 6.93. The average Bonchev–Trinajstić information content (AvgIpc) is 3.10. The first-order chi connectivity index (χ1) is 13.1. The van der Waals surface area contributed by atoms with Gasteiger partial charge in [0, 0.05) is 18.1 Å². The highest BCUT2D eigenvalue weighted by Gasteiger charge is 2.40. The van der Waals surface area contributed by atoms with Crippen LogP contribution in [0, 0.1) is 6.92 Å². The van der Waals surface area contributed by atoms with Gasteiger partial charge in [0.05, 0.1) is 6.04 Å². The van der Waals surface area contributed by atoms with Crippen LogP contribution in [0.15, 0.2) is 67.0 Å². The smallest absolute Gasteiger partial charge is 0.251 e. The van der Waals surface area contributed by atoms with E-state index in [1.807, 2.05) is 60.6 Å². The molecule has 2 aromatic rings. The fourth-order valence-electron chi connectivity index (χ4n) is 3.55. The molecule has 2 aliphatic rings. The number of hydrogen-bond donors (Lipinski definition) is 2. The monoisotopic (exact) mass is 362 g/mol. The van der Waals surface area contributed by atoms with E-state index < -0.39 is 0 Å². The lowest BCUT2D eigenvalue weighted by atomic mass is 10.0. The molecular formula is C21H22N4O2. The largest absolute Gasteiger partial charge is 0.325 e. The standard InChI is InChI=1S/C21H22N4O2/c1-15-6-5-9-17(12-15)22-20(26)14-24-10-11-25-19(21(24)27)13-18(23-25)16-7-3-2-4-8-16/h2-12,18-19,23H,13-14H2,1H3,(H,22,26). The van der Waals surface area contributed by atoms with E-state index in [0.29, 0.717) is 6.42 Å². The SMILES string of the molecule is Cc1cccc(NC(=O)CN2C=CN3NC(c4ccccc4)CC3C2=O)c1. The van der Waals surface area contributed by atoms with Crippen LogP contribution in [0.1, 0.15) is 23.6 Å². The van der Waals surface area contributed by atoms with E-state index in [-0.39, 0.29) is 30.4 Å². The Morgan fingerprint density at radius 2 is 1.96 bits per heavy atom. The maximum absolute atomic E-state index is 12.8. The van der Waals surface area contributed by atoms with Gasteiger partial charge in [-0.25, -0.2) is 5.43 Å². The minimum atomic E-state index is -0.299. The van der Waals surface area contributed by atoms with Crippen molar-refractivity contribution in [1.82, 2.24) is 15.3 Å². The van der Waals surface area contributed by atoms with E-state index in [4.69, 9.17) is 0 Å². The van der Waals surface area contributed by atoms with Crippen molar-refractivity contribution < 1.29 is 9.59 Å². The van der Waals surface area contributed by atoms with Crippen molar-refractivity contribution in [3.05, 3.63) is 78.1 Å². The van der Waals surface area contributed by atoms with E-state index in [1.54, 1.807) is 6.20 Å². The van der Waals surface area contributed by atoms with Gasteiger partial charge in [-0.2, -0.15) is 0 Å². The number of nitrogens with one attached hydrogen (secondary N) is 2. The van der Waals surface area contributed by atoms with Gasteiger partial charge >= 0.3 is 0 Å². The van der Waals surface area contributed by atoms with E-state index in [2.05, 4.69) is 22.9 Å². The molecule has 6 heteroatoms. The molecule has 1 fully saturated rings. The summed E-state index contributed by atoms with van der Waals surface area (Å²) in [6, 6.07) is 17.5. The van der Waals surface area contributed by atoms with Gasteiger partial charge in [0.25, 0.3) is 5.91 Å². The predicted molar refractivity (Wildman–Crippen MR) is 103 cm³/mol. The van der Waals surface area contributed by atoms with Crippen LogP contribution in [0.3, 0.4) is 0 Å². The van der Waals surface area contributed by atoms with Crippen LogP contribution in [0.5, 0.6) is 0 Å². The van der Waals surface area contributed by atoms with Crippen LogP contribution >= 0.6 is 0 Å². The molecule has 0 bridgehead atoms. The number of amides is 2. The van der Waals surface area contributed by atoms with Gasteiger partial charge in [-0.1, -0.05) is 42.5 Å². The lowest BCUT2D eigenvalue weighted by molar-refractivity contribution is -0.137. The van der Waals surface area contributed by atoms with Gasteiger partial charge < -0.3 is 15.2 Å². The van der Waals surface area contributed by atoms with Gasteiger partial charge in [-0.15, -0.1) is 0 Å². The second-order valence-corrected chi connectivity index (χ2v) is 6.93. The molecule has 0 aliphatic carbocycles. The molecule has 6 nitrogen and oxygen atoms in total. The highest BCUT2D eigenvalue weighted by atomic mass is 16.2. The van der Waals surface area contributed by atoms with Gasteiger partial charge in [0.15, 0.2) is 0 Å². The normalized spacial score (nSPS) is 21.3. The minimum absolute atomic E-state index is 0.00359. The van der Waals surface area contributed by atoms with Crippen molar-refractivity contribution in [3.63, 3.8) is 0 Å². The summed E-state index contributed by atoms with van der Waals surface area (Å²) >= 11 is 0. The Hall–Kier alpha value is -3.12. The fourth-order valence-corrected chi connectivity index (χ4v) is 3.55. The Kier molecular flexibility index (Phi) is 4.64. The third kappa shape index (κ3) is 3.71. The number of carbonyl (C=O) groups excluding carboxylic acids is 2. The molecule has 1 saturated heterocycles. The molecule has 2 atom stereocenters. The van der Waals surface area contributed by atoms with Gasteiger partial charge in [-0.05, 0) is 36.6 Å². The molecule has 4 rings (SSSR count). The Labute approximate surface area is 158 Å². The summed E-state index contributed by atoms with van der Waals surface area (Å²) in [5.41, 5.74) is 6.32. The summed E-state index contributed by atoms with van der Waals surface area (Å²) in [5, 5.41) is 4.69. The number of aryl methyl sites for hydroxylation is 1. The minimum Gasteiger partial charge on any atom is -0.325 e. The maximum Gasteiger partial charge on any atom is 0.251 e. The summed E-state index contributed by atoms with van der Waals surface area (Å²) in [6.45, 7) is 1.97. The number of nitrogens with zero attached hydrogens (tertiary/aromatic N) is 2. The third-order valence-electron chi connectivity index (χ3n) is 4.89. The van der Waals surface area contributed by atoms with Crippen molar-refractivity contribution >= 4 is 17.5 Å². The molecule has 2 amide bonds. The van der Waals surface area contributed by atoms with Crippen LogP contribution in [0.2, 0.25) is 0 Å². The molecule has 27 heavy (non-hydrogen) atoms. The van der Waals surface area contributed by atoms with E-state index in [1.165, 1.54) is 4.90 Å². The van der Waals surface area contributed by atoms with Crippen molar-refractivity contribution in [2.75, 3.05) is 11.9 Å². The van der Waals surface area contributed by atoms with Crippen LogP contribution in [0.25, 0.3) is 0 Å². The zero-order valence-electron chi connectivity index (χ0n) is 15.1. The Morgan fingerprint density at radius 3 is 2.74 bits per heavy atom. The summed E-state index contributed by atoms with van der Waals surface area (Å²) < 4.78 is 0. The third-order valence-corrected chi connectivity index (χ3v) is 4.89. The molecule has 0 radical (unpaired) electrons.